The monoisotopic (exact) mass is 785 g/mol. The van der Waals surface area contributed by atoms with E-state index >= 15 is 0 Å². The summed E-state index contributed by atoms with van der Waals surface area (Å²) in [6, 6.07) is 0. The van der Waals surface area contributed by atoms with Crippen molar-refractivity contribution in [3.8, 4) is 0 Å². The van der Waals surface area contributed by atoms with Crippen molar-refractivity contribution in [2.75, 3.05) is 13.2 Å². The van der Waals surface area contributed by atoms with Crippen molar-refractivity contribution in [3.05, 3.63) is 48.6 Å². The number of hydrogen-bond acceptors (Lipinski definition) is 6. The second-order valence-corrected chi connectivity index (χ2v) is 15.7. The van der Waals surface area contributed by atoms with E-state index in [1.54, 1.807) is 0 Å². The van der Waals surface area contributed by atoms with Gasteiger partial charge in [-0.3, -0.25) is 14.4 Å². The van der Waals surface area contributed by atoms with Gasteiger partial charge in [0.2, 0.25) is 0 Å². The topological polar surface area (TPSA) is 78.9 Å². The fourth-order valence-corrected chi connectivity index (χ4v) is 6.48. The van der Waals surface area contributed by atoms with Crippen molar-refractivity contribution in [3.63, 3.8) is 0 Å². The third kappa shape index (κ3) is 42.5. The maximum atomic E-state index is 12.7. The molecular formula is C50H88O6. The van der Waals surface area contributed by atoms with Crippen LogP contribution < -0.4 is 0 Å². The molecule has 6 nitrogen and oxygen atoms in total. The van der Waals surface area contributed by atoms with Crippen LogP contribution in [0.1, 0.15) is 233 Å². The lowest BCUT2D eigenvalue weighted by Gasteiger charge is -2.18. The lowest BCUT2D eigenvalue weighted by atomic mass is 10.1. The highest BCUT2D eigenvalue weighted by Gasteiger charge is 2.19. The average Bonchev–Trinajstić information content (AvgIpc) is 3.19. The molecule has 324 valence electrons. The SMILES string of the molecule is CCCCCCCC/C=C\C/C=C\CCC(=O)OC(COC(=O)CCCCC/C=C\C=C/CCCCCCCCC)COC(=O)CCCCCCCCCCC. The molecule has 0 saturated heterocycles. The summed E-state index contributed by atoms with van der Waals surface area (Å²) in [5.74, 6) is -1.00. The van der Waals surface area contributed by atoms with Crippen LogP contribution in [-0.2, 0) is 28.6 Å². The van der Waals surface area contributed by atoms with Crippen LogP contribution in [0.5, 0.6) is 0 Å². The Morgan fingerprint density at radius 1 is 0.375 bits per heavy atom. The van der Waals surface area contributed by atoms with Crippen LogP contribution in [0.15, 0.2) is 48.6 Å². The van der Waals surface area contributed by atoms with Gasteiger partial charge in [-0.2, -0.15) is 0 Å². The molecule has 0 radical (unpaired) electrons. The van der Waals surface area contributed by atoms with E-state index < -0.39 is 6.10 Å². The van der Waals surface area contributed by atoms with E-state index in [0.29, 0.717) is 19.3 Å². The van der Waals surface area contributed by atoms with Crippen LogP contribution >= 0.6 is 0 Å². The molecule has 1 unspecified atom stereocenters. The second-order valence-electron chi connectivity index (χ2n) is 15.7. The molecule has 0 aliphatic heterocycles. The minimum atomic E-state index is -0.809. The molecule has 0 aliphatic carbocycles. The summed E-state index contributed by atoms with van der Waals surface area (Å²) in [6.07, 6.45) is 52.5. The maximum Gasteiger partial charge on any atom is 0.306 e. The highest BCUT2D eigenvalue weighted by molar-refractivity contribution is 5.71. The van der Waals surface area contributed by atoms with Crippen LogP contribution in [0.2, 0.25) is 0 Å². The smallest absolute Gasteiger partial charge is 0.306 e. The van der Waals surface area contributed by atoms with Crippen LogP contribution in [0.4, 0.5) is 0 Å². The Morgan fingerprint density at radius 2 is 0.732 bits per heavy atom. The van der Waals surface area contributed by atoms with Gasteiger partial charge in [-0.05, 0) is 64.2 Å². The number of rotatable bonds is 42. The molecule has 0 spiro atoms. The van der Waals surface area contributed by atoms with E-state index in [2.05, 4.69) is 63.3 Å². The van der Waals surface area contributed by atoms with Crippen LogP contribution in [0, 0.1) is 0 Å². The summed E-state index contributed by atoms with van der Waals surface area (Å²) in [7, 11) is 0. The Morgan fingerprint density at radius 3 is 1.18 bits per heavy atom. The van der Waals surface area contributed by atoms with Crippen molar-refractivity contribution < 1.29 is 28.6 Å². The van der Waals surface area contributed by atoms with Crippen molar-refractivity contribution >= 4 is 17.9 Å². The molecular weight excluding hydrogens is 697 g/mol. The first-order valence-electron chi connectivity index (χ1n) is 23.7. The number of unbranched alkanes of at least 4 members (excludes halogenated alkanes) is 24. The summed E-state index contributed by atoms with van der Waals surface area (Å²) in [4.78, 5) is 37.7. The summed E-state index contributed by atoms with van der Waals surface area (Å²) in [5, 5.41) is 0. The summed E-state index contributed by atoms with van der Waals surface area (Å²) in [6.45, 7) is 6.52. The number of hydrogen-bond donors (Lipinski definition) is 0. The van der Waals surface area contributed by atoms with Gasteiger partial charge in [-0.1, -0.05) is 198 Å². The summed E-state index contributed by atoms with van der Waals surface area (Å²) >= 11 is 0. The van der Waals surface area contributed by atoms with Crippen LogP contribution in [0.3, 0.4) is 0 Å². The number of ether oxygens (including phenoxy) is 3. The van der Waals surface area contributed by atoms with Crippen molar-refractivity contribution in [2.24, 2.45) is 0 Å². The van der Waals surface area contributed by atoms with E-state index in [9.17, 15) is 14.4 Å². The Kier molecular flexibility index (Phi) is 43.0. The maximum absolute atomic E-state index is 12.7. The standard InChI is InChI=1S/C50H88O6/c1-4-7-10-13-16-19-21-23-24-25-27-28-31-34-37-40-43-49(52)55-46-47(45-54-48(51)42-39-36-33-30-18-15-12-9-6-3)56-50(53)44-41-38-35-32-29-26-22-20-17-14-11-8-5-2/h24-29,35,38,47H,4-23,30-34,36-37,39-46H2,1-3H3/b25-24-,28-27-,29-26-,38-35-. The van der Waals surface area contributed by atoms with Crippen molar-refractivity contribution in [2.45, 2.75) is 239 Å². The molecule has 0 fully saturated rings. The van der Waals surface area contributed by atoms with Gasteiger partial charge in [0, 0.05) is 19.3 Å². The van der Waals surface area contributed by atoms with Gasteiger partial charge in [-0.15, -0.1) is 0 Å². The third-order valence-electron chi connectivity index (χ3n) is 10.1. The predicted octanol–water partition coefficient (Wildman–Crippen LogP) is 15.1. The number of carbonyl (C=O) groups excluding carboxylic acids is 3. The number of allylic oxidation sites excluding steroid dienone is 8. The van der Waals surface area contributed by atoms with E-state index in [4.69, 9.17) is 14.2 Å². The van der Waals surface area contributed by atoms with E-state index in [-0.39, 0.29) is 37.5 Å². The molecule has 0 aromatic heterocycles. The van der Waals surface area contributed by atoms with E-state index in [0.717, 1.165) is 64.2 Å². The van der Waals surface area contributed by atoms with Gasteiger partial charge in [0.15, 0.2) is 6.10 Å². The zero-order valence-electron chi connectivity index (χ0n) is 36.9. The summed E-state index contributed by atoms with van der Waals surface area (Å²) in [5.41, 5.74) is 0. The van der Waals surface area contributed by atoms with Gasteiger partial charge in [0.25, 0.3) is 0 Å². The fourth-order valence-electron chi connectivity index (χ4n) is 6.48. The lowest BCUT2D eigenvalue weighted by molar-refractivity contribution is -0.166. The molecule has 0 aromatic rings. The molecule has 1 atom stereocenters. The Labute approximate surface area is 346 Å². The lowest BCUT2D eigenvalue weighted by Crippen LogP contribution is -2.30. The predicted molar refractivity (Wildman–Crippen MR) is 238 cm³/mol. The molecule has 0 aromatic carbocycles. The fraction of sp³-hybridized carbons (Fsp3) is 0.780. The second kappa shape index (κ2) is 45.1. The van der Waals surface area contributed by atoms with Gasteiger partial charge in [-0.25, -0.2) is 0 Å². The largest absolute Gasteiger partial charge is 0.462 e. The van der Waals surface area contributed by atoms with E-state index in [1.807, 2.05) is 6.08 Å². The first kappa shape index (κ1) is 53.4. The molecule has 0 amide bonds. The number of esters is 3. The zero-order chi connectivity index (χ0) is 40.8. The molecule has 0 N–H and O–H groups in total. The Bertz CT molecular complexity index is 996. The Hall–Kier alpha value is -2.63. The molecule has 6 heteroatoms. The first-order chi connectivity index (χ1) is 27.5. The molecule has 0 saturated carbocycles. The van der Waals surface area contributed by atoms with Gasteiger partial charge in [0.05, 0.1) is 0 Å². The zero-order valence-corrected chi connectivity index (χ0v) is 36.9. The quantitative estimate of drug-likeness (QED) is 0.0202. The van der Waals surface area contributed by atoms with Gasteiger partial charge >= 0.3 is 17.9 Å². The molecule has 56 heavy (non-hydrogen) atoms. The van der Waals surface area contributed by atoms with Crippen molar-refractivity contribution in [1.82, 2.24) is 0 Å². The van der Waals surface area contributed by atoms with Crippen LogP contribution in [-0.4, -0.2) is 37.2 Å². The highest BCUT2D eigenvalue weighted by atomic mass is 16.6. The minimum absolute atomic E-state index is 0.103. The normalized spacial score (nSPS) is 12.4. The van der Waals surface area contributed by atoms with Gasteiger partial charge < -0.3 is 14.2 Å². The Balaban J connectivity index is 4.45. The number of carbonyl (C=O) groups is 3. The third-order valence-corrected chi connectivity index (χ3v) is 10.1. The average molecular weight is 785 g/mol. The van der Waals surface area contributed by atoms with Gasteiger partial charge in [0.1, 0.15) is 13.2 Å². The highest BCUT2D eigenvalue weighted by Crippen LogP contribution is 2.13. The molecule has 0 aliphatic rings. The van der Waals surface area contributed by atoms with Crippen molar-refractivity contribution in [1.29, 1.82) is 0 Å². The first-order valence-corrected chi connectivity index (χ1v) is 23.7. The van der Waals surface area contributed by atoms with E-state index in [1.165, 1.54) is 122 Å². The molecule has 0 rings (SSSR count). The molecule has 0 heterocycles. The molecule has 0 bridgehead atoms. The minimum Gasteiger partial charge on any atom is -0.462 e. The van der Waals surface area contributed by atoms with Crippen LogP contribution in [0.25, 0.3) is 0 Å². The summed E-state index contributed by atoms with van der Waals surface area (Å²) < 4.78 is 16.6.